The van der Waals surface area contributed by atoms with Crippen molar-refractivity contribution in [2.24, 2.45) is 4.99 Å². The van der Waals surface area contributed by atoms with Gasteiger partial charge in [0, 0.05) is 6.54 Å². The van der Waals surface area contributed by atoms with E-state index in [1.807, 2.05) is 66.7 Å². The molecule has 0 fully saturated rings. The van der Waals surface area contributed by atoms with Gasteiger partial charge in [-0.3, -0.25) is 0 Å². The zero-order valence-electron chi connectivity index (χ0n) is 15.3. The predicted molar refractivity (Wildman–Crippen MR) is 103 cm³/mol. The van der Waals surface area contributed by atoms with Crippen molar-refractivity contribution < 1.29 is 17.9 Å². The van der Waals surface area contributed by atoms with Crippen LogP contribution in [0.15, 0.2) is 77.8 Å². The number of aliphatic imine (C=N–C) groups is 1. The summed E-state index contributed by atoms with van der Waals surface area (Å²) in [4.78, 5) is 3.64. The summed E-state index contributed by atoms with van der Waals surface area (Å²) in [7, 11) is 0. The van der Waals surface area contributed by atoms with E-state index in [1.54, 1.807) is 13.0 Å². The maximum absolute atomic E-state index is 13.1. The van der Waals surface area contributed by atoms with Crippen molar-refractivity contribution in [3.05, 3.63) is 83.9 Å². The van der Waals surface area contributed by atoms with Gasteiger partial charge in [-0.2, -0.15) is 13.2 Å². The zero-order valence-corrected chi connectivity index (χ0v) is 15.3. The molecule has 0 radical (unpaired) electrons. The van der Waals surface area contributed by atoms with E-state index in [1.165, 1.54) is 5.56 Å². The van der Waals surface area contributed by atoms with Crippen LogP contribution in [0.3, 0.4) is 0 Å². The van der Waals surface area contributed by atoms with Crippen LogP contribution in [0.25, 0.3) is 0 Å². The molecule has 1 unspecified atom stereocenters. The fourth-order valence-electron chi connectivity index (χ4n) is 2.52. The molecule has 2 nitrogen and oxygen atoms in total. The van der Waals surface area contributed by atoms with E-state index in [9.17, 15) is 13.2 Å². The summed E-state index contributed by atoms with van der Waals surface area (Å²) in [5.41, 5.74) is 2.13. The van der Waals surface area contributed by atoms with Gasteiger partial charge in [-0.15, -0.1) is 0 Å². The molecular formula is C22H24F3NO. The fourth-order valence-corrected chi connectivity index (χ4v) is 2.52. The van der Waals surface area contributed by atoms with Crippen LogP contribution in [0.4, 0.5) is 13.2 Å². The molecule has 144 valence electrons. The molecule has 0 heterocycles. The number of rotatable bonds is 8. The van der Waals surface area contributed by atoms with Gasteiger partial charge in [-0.25, -0.2) is 4.99 Å². The standard InChI is InChI=1S/C22H24F3NO/c1-18(10-8-9-15-19-11-4-2-5-12-19)27-21(22(23,24)25)26-17-16-20-13-6-3-7-14-20/h2-8,10-14,18H,9,15-17H2,1H3/b10-8+,26-21?. The van der Waals surface area contributed by atoms with Crippen molar-refractivity contribution in [3.63, 3.8) is 0 Å². The second-order valence-electron chi connectivity index (χ2n) is 6.20. The monoisotopic (exact) mass is 375 g/mol. The molecule has 2 aromatic carbocycles. The third-order valence-corrected chi connectivity index (χ3v) is 3.89. The minimum atomic E-state index is -4.59. The largest absolute Gasteiger partial charge is 0.468 e. The molecule has 0 amide bonds. The smallest absolute Gasteiger partial charge is 0.467 e. The summed E-state index contributed by atoms with van der Waals surface area (Å²) in [6, 6.07) is 19.2. The molecular weight excluding hydrogens is 351 g/mol. The Bertz CT molecular complexity index is 724. The number of nitrogens with zero attached hydrogens (tertiary/aromatic N) is 1. The van der Waals surface area contributed by atoms with E-state index < -0.39 is 18.2 Å². The lowest BCUT2D eigenvalue weighted by molar-refractivity contribution is -0.0808. The van der Waals surface area contributed by atoms with Crippen LogP contribution < -0.4 is 0 Å². The quantitative estimate of drug-likeness (QED) is 0.325. The highest BCUT2D eigenvalue weighted by atomic mass is 19.4. The second-order valence-corrected chi connectivity index (χ2v) is 6.20. The van der Waals surface area contributed by atoms with Crippen molar-refractivity contribution in [3.8, 4) is 0 Å². The van der Waals surface area contributed by atoms with Gasteiger partial charge in [-0.1, -0.05) is 66.7 Å². The average Bonchev–Trinajstić information content (AvgIpc) is 2.65. The maximum Gasteiger partial charge on any atom is 0.468 e. The molecule has 0 aliphatic heterocycles. The van der Waals surface area contributed by atoms with E-state index in [2.05, 4.69) is 4.99 Å². The number of allylic oxidation sites excluding steroid dienone is 1. The highest BCUT2D eigenvalue weighted by molar-refractivity contribution is 5.82. The van der Waals surface area contributed by atoms with Crippen LogP contribution in [0, 0.1) is 0 Å². The Morgan fingerprint density at radius 2 is 1.52 bits per heavy atom. The summed E-state index contributed by atoms with van der Waals surface area (Å²) in [5, 5.41) is 0. The Morgan fingerprint density at radius 3 is 2.07 bits per heavy atom. The number of benzene rings is 2. The summed E-state index contributed by atoms with van der Waals surface area (Å²) in [6.07, 6.45) is 0.203. The van der Waals surface area contributed by atoms with Gasteiger partial charge in [0.15, 0.2) is 0 Å². The minimum Gasteiger partial charge on any atom is -0.467 e. The number of hydrogen-bond donors (Lipinski definition) is 0. The summed E-state index contributed by atoms with van der Waals surface area (Å²) in [5.74, 6) is -1.17. The van der Waals surface area contributed by atoms with Gasteiger partial charge in [0.1, 0.15) is 6.10 Å². The minimum absolute atomic E-state index is 0.0310. The molecule has 1 atom stereocenters. The van der Waals surface area contributed by atoms with Gasteiger partial charge in [-0.05, 0) is 43.4 Å². The van der Waals surface area contributed by atoms with Crippen molar-refractivity contribution in [2.45, 2.75) is 38.5 Å². The highest BCUT2D eigenvalue weighted by Gasteiger charge is 2.38. The number of hydrogen-bond acceptors (Lipinski definition) is 2. The van der Waals surface area contributed by atoms with Crippen LogP contribution in [0.1, 0.15) is 24.5 Å². The second kappa shape index (κ2) is 10.6. The van der Waals surface area contributed by atoms with E-state index in [-0.39, 0.29) is 6.54 Å². The van der Waals surface area contributed by atoms with E-state index in [0.29, 0.717) is 6.42 Å². The van der Waals surface area contributed by atoms with Crippen LogP contribution in [-0.4, -0.2) is 24.7 Å². The molecule has 2 aromatic rings. The Morgan fingerprint density at radius 1 is 0.963 bits per heavy atom. The lowest BCUT2D eigenvalue weighted by Crippen LogP contribution is -2.29. The molecule has 5 heteroatoms. The Labute approximate surface area is 158 Å². The van der Waals surface area contributed by atoms with Gasteiger partial charge in [0.2, 0.25) is 0 Å². The first-order valence-corrected chi connectivity index (χ1v) is 8.98. The van der Waals surface area contributed by atoms with Gasteiger partial charge in [0.25, 0.3) is 5.90 Å². The van der Waals surface area contributed by atoms with Crippen molar-refractivity contribution in [2.75, 3.05) is 6.54 Å². The van der Waals surface area contributed by atoms with Gasteiger partial charge >= 0.3 is 6.18 Å². The summed E-state index contributed by atoms with van der Waals surface area (Å²) >= 11 is 0. The lowest BCUT2D eigenvalue weighted by Gasteiger charge is -2.15. The highest BCUT2D eigenvalue weighted by Crippen LogP contribution is 2.20. The third-order valence-electron chi connectivity index (χ3n) is 3.89. The maximum atomic E-state index is 13.1. The van der Waals surface area contributed by atoms with E-state index in [0.717, 1.165) is 18.4 Å². The van der Waals surface area contributed by atoms with Crippen LogP contribution >= 0.6 is 0 Å². The Balaban J connectivity index is 1.84. The molecule has 2 rings (SSSR count). The van der Waals surface area contributed by atoms with Crippen molar-refractivity contribution in [1.82, 2.24) is 0 Å². The van der Waals surface area contributed by atoms with E-state index in [4.69, 9.17) is 4.74 Å². The molecule has 0 N–H and O–H groups in total. The van der Waals surface area contributed by atoms with Crippen LogP contribution in [-0.2, 0) is 17.6 Å². The first-order chi connectivity index (χ1) is 12.9. The number of ether oxygens (including phenoxy) is 1. The fraction of sp³-hybridized carbons (Fsp3) is 0.318. The van der Waals surface area contributed by atoms with Gasteiger partial charge in [0.05, 0.1) is 0 Å². The van der Waals surface area contributed by atoms with Crippen molar-refractivity contribution in [1.29, 1.82) is 0 Å². The first kappa shape index (κ1) is 20.7. The number of aryl methyl sites for hydroxylation is 1. The van der Waals surface area contributed by atoms with Crippen LogP contribution in [0.2, 0.25) is 0 Å². The predicted octanol–water partition coefficient (Wildman–Crippen LogP) is 5.78. The van der Waals surface area contributed by atoms with E-state index >= 15 is 0 Å². The first-order valence-electron chi connectivity index (χ1n) is 8.98. The summed E-state index contributed by atoms with van der Waals surface area (Å²) < 4.78 is 44.5. The summed E-state index contributed by atoms with van der Waals surface area (Å²) in [6.45, 7) is 1.61. The zero-order chi connectivity index (χ0) is 19.5. The van der Waals surface area contributed by atoms with Gasteiger partial charge < -0.3 is 4.74 Å². The van der Waals surface area contributed by atoms with Crippen LogP contribution in [0.5, 0.6) is 0 Å². The molecule has 0 aromatic heterocycles. The third kappa shape index (κ3) is 8.11. The normalized spacial score (nSPS) is 13.7. The molecule has 27 heavy (non-hydrogen) atoms. The SMILES string of the molecule is CC(/C=C/CCc1ccccc1)OC(=NCCc1ccccc1)C(F)(F)F. The average molecular weight is 375 g/mol. The van der Waals surface area contributed by atoms with Crippen molar-refractivity contribution >= 4 is 5.90 Å². The molecule has 0 saturated heterocycles. The number of alkyl halides is 3. The molecule has 0 aliphatic rings. The molecule has 0 saturated carbocycles. The molecule has 0 aliphatic carbocycles. The molecule has 0 bridgehead atoms. The Kier molecular flexibility index (Phi) is 8.11. The number of halogens is 3. The lowest BCUT2D eigenvalue weighted by atomic mass is 10.1. The topological polar surface area (TPSA) is 21.6 Å². The molecule has 0 spiro atoms. The Hall–Kier alpha value is -2.56.